The Kier molecular flexibility index (Phi) is 5.50. The summed E-state index contributed by atoms with van der Waals surface area (Å²) in [4.78, 5) is 2.59. The molecule has 0 saturated heterocycles. The first-order valence-corrected chi connectivity index (χ1v) is 9.88. The van der Waals surface area contributed by atoms with Crippen molar-refractivity contribution in [3.63, 3.8) is 0 Å². The molecule has 3 aromatic rings. The van der Waals surface area contributed by atoms with E-state index in [1.54, 1.807) is 0 Å². The van der Waals surface area contributed by atoms with Gasteiger partial charge in [0, 0.05) is 25.6 Å². The highest BCUT2D eigenvalue weighted by Crippen LogP contribution is 2.32. The monoisotopic (exact) mass is 353 g/mol. The molecule has 0 N–H and O–H groups in total. The molecule has 1 atom stereocenters. The van der Waals surface area contributed by atoms with Crippen LogP contribution in [0.15, 0.2) is 84.9 Å². The van der Waals surface area contributed by atoms with Crippen LogP contribution in [-0.4, -0.2) is 24.5 Å². The van der Waals surface area contributed by atoms with Crippen LogP contribution in [0.25, 0.3) is 6.08 Å². The Bertz CT molecular complexity index is 896. The molecule has 0 aromatic heterocycles. The largest absolute Gasteiger partial charge is 0.298 e. The van der Waals surface area contributed by atoms with Crippen LogP contribution < -0.4 is 0 Å². The molecule has 0 bridgehead atoms. The third kappa shape index (κ3) is 4.37. The van der Waals surface area contributed by atoms with Gasteiger partial charge in [0.25, 0.3) is 0 Å². The van der Waals surface area contributed by atoms with Gasteiger partial charge in [-0.15, -0.1) is 0 Å². The number of fused-ring (bicyclic) bond motifs is 1. The summed E-state index contributed by atoms with van der Waals surface area (Å²) in [6.45, 7) is 5.37. The van der Waals surface area contributed by atoms with E-state index in [-0.39, 0.29) is 0 Å². The van der Waals surface area contributed by atoms with Crippen molar-refractivity contribution in [3.05, 3.63) is 113 Å². The zero-order valence-electron chi connectivity index (χ0n) is 16.0. The second-order valence-electron chi connectivity index (χ2n) is 7.49. The van der Waals surface area contributed by atoms with Gasteiger partial charge in [-0.3, -0.25) is 4.90 Å². The summed E-state index contributed by atoms with van der Waals surface area (Å²) in [5.74, 6) is 0.439. The van der Waals surface area contributed by atoms with Crippen molar-refractivity contribution >= 4 is 6.08 Å². The van der Waals surface area contributed by atoms with Crippen molar-refractivity contribution < 1.29 is 0 Å². The lowest BCUT2D eigenvalue weighted by molar-refractivity contribution is 0.306. The summed E-state index contributed by atoms with van der Waals surface area (Å²) in [5.41, 5.74) is 7.06. The zero-order chi connectivity index (χ0) is 18.5. The van der Waals surface area contributed by atoms with E-state index in [1.165, 1.54) is 27.8 Å². The smallest absolute Gasteiger partial charge is 0.0220 e. The van der Waals surface area contributed by atoms with Crippen molar-refractivity contribution in [3.8, 4) is 0 Å². The van der Waals surface area contributed by atoms with Crippen LogP contribution in [0, 0.1) is 6.92 Å². The SMILES string of the molecule is Cc1ccc2c(c1)C(c1ccccc1)CN(C/C=C/c1ccccc1)CC2. The third-order valence-corrected chi connectivity index (χ3v) is 5.49. The first kappa shape index (κ1) is 17.8. The predicted octanol–water partition coefficient (Wildman–Crippen LogP) is 5.70. The molecule has 27 heavy (non-hydrogen) atoms. The van der Waals surface area contributed by atoms with Crippen LogP contribution in [0.1, 0.15) is 33.7 Å². The average Bonchev–Trinajstić information content (AvgIpc) is 2.89. The maximum atomic E-state index is 2.59. The van der Waals surface area contributed by atoms with Gasteiger partial charge in [0.05, 0.1) is 0 Å². The molecule has 1 unspecified atom stereocenters. The van der Waals surface area contributed by atoms with E-state index >= 15 is 0 Å². The number of hydrogen-bond acceptors (Lipinski definition) is 1. The van der Waals surface area contributed by atoms with E-state index in [0.717, 1.165) is 26.1 Å². The lowest BCUT2D eigenvalue weighted by Gasteiger charge is -2.24. The second-order valence-corrected chi connectivity index (χ2v) is 7.49. The highest BCUT2D eigenvalue weighted by Gasteiger charge is 2.23. The van der Waals surface area contributed by atoms with E-state index in [9.17, 15) is 0 Å². The van der Waals surface area contributed by atoms with Gasteiger partial charge < -0.3 is 0 Å². The molecular formula is C26H27N. The van der Waals surface area contributed by atoms with Gasteiger partial charge in [0.1, 0.15) is 0 Å². The van der Waals surface area contributed by atoms with E-state index < -0.39 is 0 Å². The Hall–Kier alpha value is -2.64. The molecule has 0 spiro atoms. The maximum absolute atomic E-state index is 2.59. The summed E-state index contributed by atoms with van der Waals surface area (Å²) in [6.07, 6.45) is 5.66. The van der Waals surface area contributed by atoms with Crippen molar-refractivity contribution in [2.45, 2.75) is 19.3 Å². The van der Waals surface area contributed by atoms with Crippen molar-refractivity contribution in [1.82, 2.24) is 4.90 Å². The zero-order valence-corrected chi connectivity index (χ0v) is 16.0. The Morgan fingerprint density at radius 2 is 1.67 bits per heavy atom. The maximum Gasteiger partial charge on any atom is 0.0220 e. The summed E-state index contributed by atoms with van der Waals surface area (Å²) in [7, 11) is 0. The lowest BCUT2D eigenvalue weighted by Crippen LogP contribution is -2.29. The van der Waals surface area contributed by atoms with Crippen molar-refractivity contribution in [2.75, 3.05) is 19.6 Å². The molecular weight excluding hydrogens is 326 g/mol. The Balaban J connectivity index is 1.57. The van der Waals surface area contributed by atoms with Gasteiger partial charge >= 0.3 is 0 Å². The van der Waals surface area contributed by atoms with Gasteiger partial charge in [0.15, 0.2) is 0 Å². The minimum atomic E-state index is 0.439. The number of nitrogens with zero attached hydrogens (tertiary/aromatic N) is 1. The van der Waals surface area contributed by atoms with Crippen molar-refractivity contribution in [2.24, 2.45) is 0 Å². The molecule has 1 heteroatoms. The average molecular weight is 354 g/mol. The van der Waals surface area contributed by atoms with Gasteiger partial charge in [-0.2, -0.15) is 0 Å². The highest BCUT2D eigenvalue weighted by molar-refractivity contribution is 5.49. The molecule has 3 aromatic carbocycles. The van der Waals surface area contributed by atoms with E-state index in [4.69, 9.17) is 0 Å². The minimum absolute atomic E-state index is 0.439. The number of benzene rings is 3. The molecule has 1 aliphatic heterocycles. The molecule has 0 saturated carbocycles. The first-order chi connectivity index (χ1) is 13.3. The number of hydrogen-bond donors (Lipinski definition) is 0. The quantitative estimate of drug-likeness (QED) is 0.582. The van der Waals surface area contributed by atoms with Crippen LogP contribution in [0.2, 0.25) is 0 Å². The summed E-state index contributed by atoms with van der Waals surface area (Å²) >= 11 is 0. The number of aryl methyl sites for hydroxylation is 1. The minimum Gasteiger partial charge on any atom is -0.298 e. The number of rotatable bonds is 4. The van der Waals surface area contributed by atoms with Gasteiger partial charge in [-0.05, 0) is 35.6 Å². The van der Waals surface area contributed by atoms with Crippen LogP contribution in [0.5, 0.6) is 0 Å². The lowest BCUT2D eigenvalue weighted by atomic mass is 9.87. The molecule has 1 nitrogen and oxygen atoms in total. The van der Waals surface area contributed by atoms with E-state index in [1.807, 2.05) is 0 Å². The predicted molar refractivity (Wildman–Crippen MR) is 115 cm³/mol. The van der Waals surface area contributed by atoms with Crippen LogP contribution >= 0.6 is 0 Å². The van der Waals surface area contributed by atoms with E-state index in [0.29, 0.717) is 5.92 Å². The molecule has 0 aliphatic carbocycles. The van der Waals surface area contributed by atoms with Crippen LogP contribution in [-0.2, 0) is 6.42 Å². The molecule has 0 radical (unpaired) electrons. The molecule has 1 heterocycles. The fraction of sp³-hybridized carbons (Fsp3) is 0.231. The fourth-order valence-electron chi connectivity index (χ4n) is 4.03. The van der Waals surface area contributed by atoms with Gasteiger partial charge in [-0.1, -0.05) is 96.6 Å². The molecule has 0 amide bonds. The molecule has 4 rings (SSSR count). The normalized spacial score (nSPS) is 17.6. The Labute approximate surface area is 163 Å². The summed E-state index contributed by atoms with van der Waals surface area (Å²) < 4.78 is 0. The Morgan fingerprint density at radius 3 is 2.44 bits per heavy atom. The summed E-state index contributed by atoms with van der Waals surface area (Å²) in [5, 5.41) is 0. The van der Waals surface area contributed by atoms with Crippen LogP contribution in [0.4, 0.5) is 0 Å². The van der Waals surface area contributed by atoms with Crippen molar-refractivity contribution in [1.29, 1.82) is 0 Å². The van der Waals surface area contributed by atoms with Gasteiger partial charge in [-0.25, -0.2) is 0 Å². The molecule has 136 valence electrons. The topological polar surface area (TPSA) is 3.24 Å². The van der Waals surface area contributed by atoms with Gasteiger partial charge in [0.2, 0.25) is 0 Å². The van der Waals surface area contributed by atoms with E-state index in [2.05, 4.69) is 103 Å². The first-order valence-electron chi connectivity index (χ1n) is 9.88. The second kappa shape index (κ2) is 8.37. The molecule has 1 aliphatic rings. The molecule has 0 fully saturated rings. The summed E-state index contributed by atoms with van der Waals surface area (Å²) in [6, 6.07) is 28.5. The van der Waals surface area contributed by atoms with Crippen LogP contribution in [0.3, 0.4) is 0 Å². The third-order valence-electron chi connectivity index (χ3n) is 5.49. The fourth-order valence-corrected chi connectivity index (χ4v) is 4.03. The highest BCUT2D eigenvalue weighted by atomic mass is 15.1. The standard InChI is InChI=1S/C26H27N/c1-21-14-15-24-16-18-27(17-8-11-22-9-4-2-5-10-22)20-26(25(24)19-21)23-12-6-3-7-13-23/h2-15,19,26H,16-18,20H2,1H3/b11-8+. The Morgan fingerprint density at radius 1 is 0.926 bits per heavy atom.